The molecule has 2 rings (SSSR count). The number of hydrogen-bond donors (Lipinski definition) is 0. The van der Waals surface area contributed by atoms with Gasteiger partial charge in [0.15, 0.2) is 11.6 Å². The third-order valence-electron chi connectivity index (χ3n) is 2.95. The molecule has 1 aromatic carbocycles. The summed E-state index contributed by atoms with van der Waals surface area (Å²) in [6.07, 6.45) is 0.526. The van der Waals surface area contributed by atoms with E-state index in [1.54, 1.807) is 13.0 Å². The highest BCUT2D eigenvalue weighted by atomic mass is 19.1. The lowest BCUT2D eigenvalue weighted by Gasteiger charge is -2.07. The summed E-state index contributed by atoms with van der Waals surface area (Å²) in [5.74, 6) is -1.32. The van der Waals surface area contributed by atoms with Gasteiger partial charge in [-0.25, -0.2) is 9.18 Å². The van der Waals surface area contributed by atoms with E-state index in [2.05, 4.69) is 0 Å². The van der Waals surface area contributed by atoms with Gasteiger partial charge in [-0.05, 0) is 17.5 Å². The minimum atomic E-state index is -0.888. The van der Waals surface area contributed by atoms with E-state index in [0.717, 1.165) is 0 Å². The molecule has 0 fully saturated rings. The number of ether oxygens (including phenoxy) is 2. The zero-order chi connectivity index (χ0) is 15.4. The molecule has 0 aliphatic heterocycles. The fraction of sp³-hybridized carbons (Fsp3) is 0.333. The van der Waals surface area contributed by atoms with Crippen LogP contribution in [0.1, 0.15) is 19.1 Å². The van der Waals surface area contributed by atoms with Gasteiger partial charge in [0.2, 0.25) is 0 Å². The highest BCUT2D eigenvalue weighted by molar-refractivity contribution is 5.84. The molecule has 0 saturated carbocycles. The number of fused-ring (bicyclic) bond motifs is 1. The zero-order valence-electron chi connectivity index (χ0n) is 11.8. The Labute approximate surface area is 120 Å². The molecule has 1 heterocycles. The molecule has 2 aromatic rings. The first-order valence-corrected chi connectivity index (χ1v) is 6.51. The SMILES string of the molecule is CCC(=O)Oc1ccc2cc(CCOC)oc(=O)c2c1F. The van der Waals surface area contributed by atoms with Crippen LogP contribution >= 0.6 is 0 Å². The molecule has 0 atom stereocenters. The Hall–Kier alpha value is -2.21. The average molecular weight is 294 g/mol. The van der Waals surface area contributed by atoms with Crippen LogP contribution in [-0.4, -0.2) is 19.7 Å². The molecule has 1 aromatic heterocycles. The standard InChI is InChI=1S/C15H15FO5/c1-3-12(17)21-11-5-4-9-8-10(6-7-19-2)20-15(18)13(9)14(11)16/h4-5,8H,3,6-7H2,1-2H3. The fourth-order valence-electron chi connectivity index (χ4n) is 1.87. The van der Waals surface area contributed by atoms with E-state index in [1.165, 1.54) is 19.2 Å². The van der Waals surface area contributed by atoms with Gasteiger partial charge in [0, 0.05) is 20.0 Å². The lowest BCUT2D eigenvalue weighted by molar-refractivity contribution is -0.134. The third-order valence-corrected chi connectivity index (χ3v) is 2.95. The summed E-state index contributed by atoms with van der Waals surface area (Å²) in [7, 11) is 1.53. The van der Waals surface area contributed by atoms with Crippen molar-refractivity contribution in [1.29, 1.82) is 0 Å². The molecule has 6 heteroatoms. The maximum Gasteiger partial charge on any atom is 0.346 e. The van der Waals surface area contributed by atoms with Gasteiger partial charge in [-0.1, -0.05) is 13.0 Å². The average Bonchev–Trinajstić information content (AvgIpc) is 2.47. The Morgan fingerprint density at radius 1 is 1.38 bits per heavy atom. The van der Waals surface area contributed by atoms with Gasteiger partial charge in [-0.3, -0.25) is 4.79 Å². The Bertz CT molecular complexity index is 720. The van der Waals surface area contributed by atoms with Crippen molar-refractivity contribution < 1.29 is 23.1 Å². The zero-order valence-corrected chi connectivity index (χ0v) is 11.8. The Balaban J connectivity index is 2.48. The number of hydrogen-bond acceptors (Lipinski definition) is 5. The van der Waals surface area contributed by atoms with E-state index < -0.39 is 17.4 Å². The fourth-order valence-corrected chi connectivity index (χ4v) is 1.87. The van der Waals surface area contributed by atoms with E-state index >= 15 is 0 Å². The Morgan fingerprint density at radius 3 is 2.81 bits per heavy atom. The second kappa shape index (κ2) is 6.49. The van der Waals surface area contributed by atoms with Gasteiger partial charge in [0.05, 0.1) is 6.61 Å². The van der Waals surface area contributed by atoms with Crippen LogP contribution in [0.25, 0.3) is 10.8 Å². The number of methoxy groups -OCH3 is 1. The molecule has 0 amide bonds. The summed E-state index contributed by atoms with van der Waals surface area (Å²) in [4.78, 5) is 23.1. The first-order valence-electron chi connectivity index (χ1n) is 6.51. The molecule has 5 nitrogen and oxygen atoms in total. The molecule has 0 spiro atoms. The molecule has 0 bridgehead atoms. The van der Waals surface area contributed by atoms with E-state index in [-0.39, 0.29) is 17.6 Å². The molecular weight excluding hydrogens is 279 g/mol. The molecule has 0 radical (unpaired) electrons. The van der Waals surface area contributed by atoms with Crippen molar-refractivity contribution in [2.75, 3.05) is 13.7 Å². The second-order valence-electron chi connectivity index (χ2n) is 4.41. The molecule has 0 aliphatic rings. The maximum atomic E-state index is 14.2. The van der Waals surface area contributed by atoms with Gasteiger partial charge in [-0.15, -0.1) is 0 Å². The van der Waals surface area contributed by atoms with Crippen molar-refractivity contribution >= 4 is 16.7 Å². The summed E-state index contributed by atoms with van der Waals surface area (Å²) in [5.41, 5.74) is -0.800. The van der Waals surface area contributed by atoms with E-state index in [0.29, 0.717) is 24.2 Å². The molecule has 0 aliphatic carbocycles. The van der Waals surface area contributed by atoms with Crippen LogP contribution in [0.2, 0.25) is 0 Å². The lowest BCUT2D eigenvalue weighted by atomic mass is 10.1. The van der Waals surface area contributed by atoms with Crippen LogP contribution in [0.3, 0.4) is 0 Å². The second-order valence-corrected chi connectivity index (χ2v) is 4.41. The summed E-state index contributed by atoms with van der Waals surface area (Å²) in [6.45, 7) is 1.99. The van der Waals surface area contributed by atoms with Crippen molar-refractivity contribution in [3.63, 3.8) is 0 Å². The smallest absolute Gasteiger partial charge is 0.346 e. The summed E-state index contributed by atoms with van der Waals surface area (Å²) < 4.78 is 29.0. The number of benzene rings is 1. The first-order chi connectivity index (χ1) is 10.1. The number of esters is 1. The normalized spacial score (nSPS) is 10.8. The quantitative estimate of drug-likeness (QED) is 0.626. The predicted molar refractivity (Wildman–Crippen MR) is 73.9 cm³/mol. The van der Waals surface area contributed by atoms with Crippen molar-refractivity contribution in [3.05, 3.63) is 40.2 Å². The van der Waals surface area contributed by atoms with Crippen LogP contribution in [0, 0.1) is 5.82 Å². The van der Waals surface area contributed by atoms with Gasteiger partial charge in [0.25, 0.3) is 0 Å². The Morgan fingerprint density at radius 2 is 2.14 bits per heavy atom. The minimum absolute atomic E-state index is 0.113. The van der Waals surface area contributed by atoms with E-state index in [1.807, 2.05) is 0 Å². The van der Waals surface area contributed by atoms with Crippen molar-refractivity contribution in [2.45, 2.75) is 19.8 Å². The van der Waals surface area contributed by atoms with Crippen molar-refractivity contribution in [1.82, 2.24) is 0 Å². The van der Waals surface area contributed by atoms with Gasteiger partial charge >= 0.3 is 11.6 Å². The highest BCUT2D eigenvalue weighted by Crippen LogP contribution is 2.25. The van der Waals surface area contributed by atoms with Gasteiger partial charge in [0.1, 0.15) is 11.1 Å². The first kappa shape index (κ1) is 15.2. The number of halogens is 1. The van der Waals surface area contributed by atoms with Crippen LogP contribution in [0.5, 0.6) is 5.75 Å². The summed E-state index contributed by atoms with van der Waals surface area (Å²) in [6, 6.07) is 4.42. The van der Waals surface area contributed by atoms with Crippen molar-refractivity contribution in [2.24, 2.45) is 0 Å². The number of carbonyl (C=O) groups is 1. The number of rotatable bonds is 5. The van der Waals surface area contributed by atoms with Crippen LogP contribution in [0.15, 0.2) is 27.4 Å². The summed E-state index contributed by atoms with van der Waals surface area (Å²) >= 11 is 0. The van der Waals surface area contributed by atoms with Gasteiger partial charge < -0.3 is 13.9 Å². The summed E-state index contributed by atoms with van der Waals surface area (Å²) in [5, 5.41) is 0.170. The van der Waals surface area contributed by atoms with Crippen molar-refractivity contribution in [3.8, 4) is 5.75 Å². The topological polar surface area (TPSA) is 65.7 Å². The van der Waals surface area contributed by atoms with Crippen LogP contribution in [-0.2, 0) is 16.0 Å². The maximum absolute atomic E-state index is 14.2. The molecule has 112 valence electrons. The Kier molecular flexibility index (Phi) is 4.70. The molecule has 0 N–H and O–H groups in total. The molecular formula is C15H15FO5. The minimum Gasteiger partial charge on any atom is -0.427 e. The predicted octanol–water partition coefficient (Wildman–Crippen LogP) is 2.44. The lowest BCUT2D eigenvalue weighted by Crippen LogP contribution is -2.10. The largest absolute Gasteiger partial charge is 0.427 e. The molecule has 21 heavy (non-hydrogen) atoms. The molecule has 0 unspecified atom stereocenters. The van der Waals surface area contributed by atoms with Gasteiger partial charge in [-0.2, -0.15) is 0 Å². The van der Waals surface area contributed by atoms with E-state index in [9.17, 15) is 14.0 Å². The van der Waals surface area contributed by atoms with E-state index in [4.69, 9.17) is 13.9 Å². The van der Waals surface area contributed by atoms with Crippen LogP contribution < -0.4 is 10.4 Å². The third kappa shape index (κ3) is 3.28. The van der Waals surface area contributed by atoms with Crippen LogP contribution in [0.4, 0.5) is 4.39 Å². The number of carbonyl (C=O) groups excluding carboxylic acids is 1. The molecule has 0 saturated heterocycles. The monoisotopic (exact) mass is 294 g/mol. The highest BCUT2D eigenvalue weighted by Gasteiger charge is 2.16.